The maximum atomic E-state index is 14.3. The molecule has 8 nitrogen and oxygen atoms in total. The highest BCUT2D eigenvalue weighted by molar-refractivity contribution is 7.89. The van der Waals surface area contributed by atoms with Crippen molar-refractivity contribution in [2.24, 2.45) is 11.1 Å². The standard InChI is InChI=1S/C28H25F2N5O3S/c29-20-7-9-22(10-8-20)35-25-16-28(31)11-13-34(39(37,38)23-5-3-4-21(30)14-23)18-27(28,15-19(25)17-33-35)26(36)24-6-1-2-12-32-24/h1-10,12,14,17H,11,13,15-16,18,31H2/t27-,28-/m1/s1. The molecule has 200 valence electrons. The molecule has 0 unspecified atom stereocenters. The second-order valence-corrected chi connectivity index (χ2v) is 12.1. The number of rotatable bonds is 5. The Morgan fingerprint density at radius 3 is 2.49 bits per heavy atom. The van der Waals surface area contributed by atoms with Crippen molar-refractivity contribution in [3.8, 4) is 5.69 Å². The van der Waals surface area contributed by atoms with E-state index < -0.39 is 26.8 Å². The Bertz CT molecular complexity index is 1680. The molecule has 0 radical (unpaired) electrons. The minimum Gasteiger partial charge on any atom is -0.324 e. The molecule has 11 heteroatoms. The van der Waals surface area contributed by atoms with Gasteiger partial charge >= 0.3 is 0 Å². The van der Waals surface area contributed by atoms with Crippen LogP contribution in [0.1, 0.15) is 28.2 Å². The van der Waals surface area contributed by atoms with Crippen LogP contribution in [0.3, 0.4) is 0 Å². The van der Waals surface area contributed by atoms with Crippen LogP contribution < -0.4 is 5.73 Å². The molecule has 0 bridgehead atoms. The van der Waals surface area contributed by atoms with Crippen molar-refractivity contribution in [3.63, 3.8) is 0 Å². The lowest BCUT2D eigenvalue weighted by Crippen LogP contribution is -2.71. The second kappa shape index (κ2) is 9.15. The van der Waals surface area contributed by atoms with E-state index in [4.69, 9.17) is 5.73 Å². The van der Waals surface area contributed by atoms with Crippen LogP contribution in [0.25, 0.3) is 5.69 Å². The number of nitrogens with two attached hydrogens (primary N) is 1. The Labute approximate surface area is 224 Å². The van der Waals surface area contributed by atoms with Crippen molar-refractivity contribution >= 4 is 15.8 Å². The molecule has 1 aliphatic carbocycles. The number of hydrogen-bond donors (Lipinski definition) is 1. The van der Waals surface area contributed by atoms with Crippen LogP contribution in [0.2, 0.25) is 0 Å². The number of Topliss-reactive ketones (excluding diaryl/α,β-unsaturated/α-hetero) is 1. The fraction of sp³-hybridized carbons (Fsp3) is 0.250. The van der Waals surface area contributed by atoms with Gasteiger partial charge in [-0.05, 0) is 73.0 Å². The van der Waals surface area contributed by atoms with E-state index in [-0.39, 0.29) is 54.5 Å². The average Bonchev–Trinajstić information content (AvgIpc) is 3.33. The molecule has 1 fully saturated rings. The Hall–Kier alpha value is -3.80. The number of aromatic nitrogens is 3. The van der Waals surface area contributed by atoms with E-state index >= 15 is 0 Å². The summed E-state index contributed by atoms with van der Waals surface area (Å²) in [6.45, 7) is -0.147. The van der Waals surface area contributed by atoms with Crippen molar-refractivity contribution in [1.29, 1.82) is 0 Å². The lowest BCUT2D eigenvalue weighted by atomic mass is 9.55. The predicted octanol–water partition coefficient (Wildman–Crippen LogP) is 3.31. The molecule has 0 amide bonds. The van der Waals surface area contributed by atoms with E-state index in [0.717, 1.165) is 17.3 Å². The highest BCUT2D eigenvalue weighted by Gasteiger charge is 2.61. The number of piperidine rings is 1. The molecule has 39 heavy (non-hydrogen) atoms. The molecule has 0 spiro atoms. The van der Waals surface area contributed by atoms with Gasteiger partial charge in [0.1, 0.15) is 17.3 Å². The van der Waals surface area contributed by atoms with Gasteiger partial charge in [0.05, 0.1) is 22.2 Å². The van der Waals surface area contributed by atoms with Crippen LogP contribution >= 0.6 is 0 Å². The summed E-state index contributed by atoms with van der Waals surface area (Å²) >= 11 is 0. The molecule has 0 saturated carbocycles. The number of fused-ring (bicyclic) bond motifs is 2. The average molecular weight is 550 g/mol. The Balaban J connectivity index is 1.47. The van der Waals surface area contributed by atoms with Crippen molar-refractivity contribution < 1.29 is 22.0 Å². The quantitative estimate of drug-likeness (QED) is 0.383. The molecule has 2 N–H and O–H groups in total. The Kier molecular flexibility index (Phi) is 5.97. The number of ketones is 1. The zero-order valence-corrected chi connectivity index (χ0v) is 21.6. The zero-order chi connectivity index (χ0) is 27.4. The maximum absolute atomic E-state index is 14.3. The van der Waals surface area contributed by atoms with Crippen molar-refractivity contribution in [3.05, 3.63) is 108 Å². The topological polar surface area (TPSA) is 111 Å². The first-order valence-electron chi connectivity index (χ1n) is 12.5. The third kappa shape index (κ3) is 4.08. The first kappa shape index (κ1) is 25.5. The van der Waals surface area contributed by atoms with Gasteiger partial charge in [0.2, 0.25) is 10.0 Å². The molecule has 3 heterocycles. The van der Waals surface area contributed by atoms with Crippen LogP contribution in [0.15, 0.2) is 84.0 Å². The van der Waals surface area contributed by atoms with E-state index in [1.54, 1.807) is 41.2 Å². The summed E-state index contributed by atoms with van der Waals surface area (Å²) in [5.74, 6) is -1.40. The smallest absolute Gasteiger partial charge is 0.243 e. The van der Waals surface area contributed by atoms with Gasteiger partial charge in [0.15, 0.2) is 5.78 Å². The maximum Gasteiger partial charge on any atom is 0.243 e. The molecule has 2 atom stereocenters. The number of pyridine rings is 1. The van der Waals surface area contributed by atoms with Crippen LogP contribution in [0, 0.1) is 17.0 Å². The van der Waals surface area contributed by atoms with Crippen LogP contribution in [0.5, 0.6) is 0 Å². The monoisotopic (exact) mass is 549 g/mol. The van der Waals surface area contributed by atoms with Crippen LogP contribution in [-0.4, -0.2) is 51.9 Å². The van der Waals surface area contributed by atoms with E-state index in [0.29, 0.717) is 5.69 Å². The number of carbonyl (C=O) groups is 1. The largest absolute Gasteiger partial charge is 0.324 e. The summed E-state index contributed by atoms with van der Waals surface area (Å²) in [6.07, 6.45) is 3.70. The fourth-order valence-electron chi connectivity index (χ4n) is 5.87. The van der Waals surface area contributed by atoms with Gasteiger partial charge in [-0.1, -0.05) is 12.1 Å². The lowest BCUT2D eigenvalue weighted by molar-refractivity contribution is 0.0257. The van der Waals surface area contributed by atoms with Crippen molar-refractivity contribution in [2.45, 2.75) is 29.7 Å². The summed E-state index contributed by atoms with van der Waals surface area (Å²) in [7, 11) is -4.13. The third-order valence-corrected chi connectivity index (χ3v) is 9.82. The number of benzene rings is 2. The van der Waals surface area contributed by atoms with Crippen molar-refractivity contribution in [1.82, 2.24) is 19.1 Å². The van der Waals surface area contributed by atoms with Gasteiger partial charge in [-0.3, -0.25) is 9.78 Å². The Morgan fingerprint density at radius 1 is 0.974 bits per heavy atom. The number of halogens is 2. The van der Waals surface area contributed by atoms with E-state index in [9.17, 15) is 22.0 Å². The van der Waals surface area contributed by atoms with Gasteiger partial charge in [0.25, 0.3) is 0 Å². The Morgan fingerprint density at radius 2 is 1.77 bits per heavy atom. The van der Waals surface area contributed by atoms with E-state index in [1.807, 2.05) is 0 Å². The summed E-state index contributed by atoms with van der Waals surface area (Å²) < 4.78 is 57.7. The molecule has 4 aromatic rings. The number of nitrogens with zero attached hydrogens (tertiary/aromatic N) is 4. The SMILES string of the molecule is N[C@@]12CCN(S(=O)(=O)c3cccc(F)c3)C[C@@]1(C(=O)c1ccccn1)Cc1cnn(-c3ccc(F)cc3)c1C2. The second-order valence-electron chi connectivity index (χ2n) is 10.2. The molecule has 2 aromatic carbocycles. The van der Waals surface area contributed by atoms with Gasteiger partial charge < -0.3 is 5.73 Å². The summed E-state index contributed by atoms with van der Waals surface area (Å²) in [5, 5.41) is 4.51. The molecule has 2 aliphatic rings. The van der Waals surface area contributed by atoms with E-state index in [2.05, 4.69) is 10.1 Å². The molecular weight excluding hydrogens is 524 g/mol. The minimum atomic E-state index is -4.13. The first-order chi connectivity index (χ1) is 18.6. The normalized spacial score (nSPS) is 23.2. The van der Waals surface area contributed by atoms with Crippen LogP contribution in [0.4, 0.5) is 8.78 Å². The third-order valence-electron chi connectivity index (χ3n) is 7.97. The highest BCUT2D eigenvalue weighted by atomic mass is 32.2. The molecule has 6 rings (SSSR count). The number of carbonyl (C=O) groups excluding carboxylic acids is 1. The first-order valence-corrected chi connectivity index (χ1v) is 13.9. The summed E-state index contributed by atoms with van der Waals surface area (Å²) in [4.78, 5) is 18.3. The minimum absolute atomic E-state index is 0.0482. The number of hydrogen-bond acceptors (Lipinski definition) is 6. The summed E-state index contributed by atoms with van der Waals surface area (Å²) in [6, 6.07) is 15.7. The van der Waals surface area contributed by atoms with Crippen LogP contribution in [-0.2, 0) is 22.9 Å². The fourth-order valence-corrected chi connectivity index (χ4v) is 7.40. The lowest BCUT2D eigenvalue weighted by Gasteiger charge is -2.55. The van der Waals surface area contributed by atoms with Gasteiger partial charge in [0, 0.05) is 36.9 Å². The predicted molar refractivity (Wildman–Crippen MR) is 139 cm³/mol. The summed E-state index contributed by atoms with van der Waals surface area (Å²) in [5.41, 5.74) is 6.99. The molecular formula is C28H25F2N5O3S. The molecule has 2 aromatic heterocycles. The number of sulfonamides is 1. The molecule has 1 saturated heterocycles. The highest BCUT2D eigenvalue weighted by Crippen LogP contribution is 2.49. The zero-order valence-electron chi connectivity index (χ0n) is 20.8. The van der Waals surface area contributed by atoms with E-state index in [1.165, 1.54) is 40.8 Å². The van der Waals surface area contributed by atoms with Gasteiger partial charge in [-0.25, -0.2) is 21.9 Å². The van der Waals surface area contributed by atoms with Gasteiger partial charge in [-0.15, -0.1) is 0 Å². The van der Waals surface area contributed by atoms with Crippen molar-refractivity contribution in [2.75, 3.05) is 13.1 Å². The van der Waals surface area contributed by atoms with Gasteiger partial charge in [-0.2, -0.15) is 9.40 Å². The molecule has 1 aliphatic heterocycles.